The molecular weight excluding hydrogens is 408 g/mol. The van der Waals surface area contributed by atoms with E-state index in [4.69, 9.17) is 0 Å². The van der Waals surface area contributed by atoms with Gasteiger partial charge in [-0.15, -0.1) is 0 Å². The van der Waals surface area contributed by atoms with E-state index in [1.165, 1.54) is 59.1 Å². The third-order valence-corrected chi connectivity index (χ3v) is 6.83. The molecule has 0 aromatic heterocycles. The van der Waals surface area contributed by atoms with Gasteiger partial charge in [0.15, 0.2) is 0 Å². The van der Waals surface area contributed by atoms with Crippen molar-refractivity contribution >= 4 is 0 Å². The Labute approximate surface area is 207 Å². The summed E-state index contributed by atoms with van der Waals surface area (Å²) < 4.78 is 0. The molecule has 0 aliphatic carbocycles. The Morgan fingerprint density at radius 1 is 0.471 bits per heavy atom. The molecule has 0 unspecified atom stereocenters. The van der Waals surface area contributed by atoms with Gasteiger partial charge in [0.1, 0.15) is 0 Å². The summed E-state index contributed by atoms with van der Waals surface area (Å²) in [7, 11) is 0. The third kappa shape index (κ3) is 6.43. The van der Waals surface area contributed by atoms with Gasteiger partial charge in [-0.05, 0) is 111 Å². The van der Waals surface area contributed by atoms with E-state index in [-0.39, 0.29) is 0 Å². The summed E-state index contributed by atoms with van der Waals surface area (Å²) in [5.41, 5.74) is 12.1. The number of rotatable bonds is 6. The molecule has 0 radical (unpaired) electrons. The average molecular weight is 447 g/mol. The first kappa shape index (κ1) is 25.4. The van der Waals surface area contributed by atoms with Crippen molar-refractivity contribution in [3.63, 3.8) is 0 Å². The Balaban J connectivity index is 1.86. The summed E-state index contributed by atoms with van der Waals surface area (Å²) in [6.07, 6.45) is 7.22. The predicted molar refractivity (Wildman–Crippen MR) is 147 cm³/mol. The number of aryl methyl sites for hydroxylation is 2. The lowest BCUT2D eigenvalue weighted by Crippen LogP contribution is -2.01. The van der Waals surface area contributed by atoms with E-state index in [0.29, 0.717) is 0 Å². The number of unbranched alkanes of at least 4 members (excludes halogenated alkanes) is 2. The van der Waals surface area contributed by atoms with Crippen molar-refractivity contribution in [3.8, 4) is 23.7 Å². The Morgan fingerprint density at radius 2 is 0.794 bits per heavy atom. The first-order chi connectivity index (χ1) is 16.4. The van der Waals surface area contributed by atoms with Crippen LogP contribution in [0.2, 0.25) is 0 Å². The molecule has 0 heterocycles. The Bertz CT molecular complexity index is 1100. The van der Waals surface area contributed by atoms with Crippen LogP contribution in [0.25, 0.3) is 0 Å². The van der Waals surface area contributed by atoms with Crippen molar-refractivity contribution in [1.29, 1.82) is 0 Å². The fourth-order valence-corrected chi connectivity index (χ4v) is 4.23. The lowest BCUT2D eigenvalue weighted by atomic mass is 9.89. The quantitative estimate of drug-likeness (QED) is 0.333. The largest absolute Gasteiger partial charge is 0.0654 e. The molecule has 0 atom stereocenters. The van der Waals surface area contributed by atoms with Gasteiger partial charge in [-0.1, -0.05) is 74.6 Å². The van der Waals surface area contributed by atoms with Gasteiger partial charge in [0.25, 0.3) is 0 Å². The van der Waals surface area contributed by atoms with E-state index in [1.807, 2.05) is 0 Å². The van der Waals surface area contributed by atoms with Crippen LogP contribution in [-0.2, 0) is 12.8 Å². The van der Waals surface area contributed by atoms with Crippen LogP contribution in [0.4, 0.5) is 0 Å². The topological polar surface area (TPSA) is 0 Å². The van der Waals surface area contributed by atoms with Crippen LogP contribution < -0.4 is 0 Å². The minimum absolute atomic E-state index is 1.07. The van der Waals surface area contributed by atoms with Gasteiger partial charge < -0.3 is 0 Å². The molecule has 0 heteroatoms. The summed E-state index contributed by atoms with van der Waals surface area (Å²) in [5.74, 6) is 13.7. The van der Waals surface area contributed by atoms with Crippen molar-refractivity contribution in [2.24, 2.45) is 0 Å². The van der Waals surface area contributed by atoms with Crippen LogP contribution in [0, 0.1) is 51.4 Å². The molecule has 0 spiro atoms. The molecular formula is C34H38. The highest BCUT2D eigenvalue weighted by Crippen LogP contribution is 2.26. The number of hydrogen-bond acceptors (Lipinski definition) is 0. The number of benzene rings is 3. The zero-order valence-corrected chi connectivity index (χ0v) is 21.9. The van der Waals surface area contributed by atoms with Gasteiger partial charge in [0.2, 0.25) is 0 Å². The van der Waals surface area contributed by atoms with Crippen LogP contribution >= 0.6 is 0 Å². The van der Waals surface area contributed by atoms with Gasteiger partial charge in [0.05, 0.1) is 0 Å². The smallest absolute Gasteiger partial charge is 0.0313 e. The fourth-order valence-electron chi connectivity index (χ4n) is 4.23. The summed E-state index contributed by atoms with van der Waals surface area (Å²) in [6.45, 7) is 13.2. The number of hydrogen-bond donors (Lipinski definition) is 0. The highest BCUT2D eigenvalue weighted by Gasteiger charge is 2.12. The molecule has 3 rings (SSSR count). The van der Waals surface area contributed by atoms with Crippen LogP contribution in [0.3, 0.4) is 0 Å². The van der Waals surface area contributed by atoms with Gasteiger partial charge in [-0.3, -0.25) is 0 Å². The first-order valence-corrected chi connectivity index (χ1v) is 12.8. The summed E-state index contributed by atoms with van der Waals surface area (Å²) >= 11 is 0. The second-order valence-electron chi connectivity index (χ2n) is 9.35. The summed E-state index contributed by atoms with van der Waals surface area (Å²) in [4.78, 5) is 0. The Kier molecular flexibility index (Phi) is 9.19. The fraction of sp³-hybridized carbons (Fsp3) is 0.353. The first-order valence-electron chi connectivity index (χ1n) is 12.8. The van der Waals surface area contributed by atoms with Crippen LogP contribution in [0.15, 0.2) is 48.5 Å². The van der Waals surface area contributed by atoms with E-state index in [0.717, 1.165) is 35.1 Å². The summed E-state index contributed by atoms with van der Waals surface area (Å²) in [6, 6.07) is 17.4. The molecule has 0 fully saturated rings. The monoisotopic (exact) mass is 446 g/mol. The van der Waals surface area contributed by atoms with Gasteiger partial charge >= 0.3 is 0 Å². The van der Waals surface area contributed by atoms with Gasteiger partial charge in [-0.25, -0.2) is 0 Å². The summed E-state index contributed by atoms with van der Waals surface area (Å²) in [5, 5.41) is 0. The second-order valence-corrected chi connectivity index (χ2v) is 9.35. The highest BCUT2D eigenvalue weighted by atomic mass is 14.1. The predicted octanol–water partition coefficient (Wildman–Crippen LogP) is 8.41. The molecule has 0 amide bonds. The molecule has 0 saturated carbocycles. The van der Waals surface area contributed by atoms with E-state index in [2.05, 4.69) is 114 Å². The maximum atomic E-state index is 3.47. The highest BCUT2D eigenvalue weighted by molar-refractivity contribution is 5.62. The SMILES string of the molecule is CCCCc1ccc(C#Cc2c(C)c(C)c(C#Cc3ccc(CCCC)cc3)c(C)c2C)cc1. The molecule has 3 aromatic carbocycles. The van der Waals surface area contributed by atoms with Crippen molar-refractivity contribution in [3.05, 3.63) is 104 Å². The average Bonchev–Trinajstić information content (AvgIpc) is 2.86. The molecule has 174 valence electrons. The van der Waals surface area contributed by atoms with E-state index in [9.17, 15) is 0 Å². The standard InChI is InChI=1S/C34H38/c1-7-9-11-29-13-17-31(18-14-29)21-23-33-25(3)27(5)34(28(6)26(33)4)24-22-32-19-15-30(16-20-32)12-10-8-2/h13-20H,7-12H2,1-6H3. The van der Waals surface area contributed by atoms with Gasteiger partial charge in [0, 0.05) is 22.3 Å². The molecule has 0 N–H and O–H groups in total. The molecule has 0 saturated heterocycles. The van der Waals surface area contributed by atoms with Crippen LogP contribution in [0.1, 0.15) is 95.2 Å². The van der Waals surface area contributed by atoms with Crippen molar-refractivity contribution in [1.82, 2.24) is 0 Å². The maximum absolute atomic E-state index is 3.47. The molecule has 0 aliphatic rings. The lowest BCUT2D eigenvalue weighted by molar-refractivity contribution is 0.795. The molecule has 3 aromatic rings. The van der Waals surface area contributed by atoms with E-state index >= 15 is 0 Å². The van der Waals surface area contributed by atoms with Crippen LogP contribution in [0.5, 0.6) is 0 Å². The Hall–Kier alpha value is -3.22. The molecule has 0 bridgehead atoms. The minimum atomic E-state index is 1.07. The molecule has 0 nitrogen and oxygen atoms in total. The zero-order valence-electron chi connectivity index (χ0n) is 21.9. The molecule has 34 heavy (non-hydrogen) atoms. The van der Waals surface area contributed by atoms with E-state index < -0.39 is 0 Å². The Morgan fingerprint density at radius 3 is 1.09 bits per heavy atom. The second kappa shape index (κ2) is 12.3. The third-order valence-electron chi connectivity index (χ3n) is 6.83. The minimum Gasteiger partial charge on any atom is -0.0654 e. The lowest BCUT2D eigenvalue weighted by Gasteiger charge is -2.14. The maximum Gasteiger partial charge on any atom is 0.0313 e. The normalized spacial score (nSPS) is 10.3. The van der Waals surface area contributed by atoms with Crippen molar-refractivity contribution < 1.29 is 0 Å². The van der Waals surface area contributed by atoms with E-state index in [1.54, 1.807) is 0 Å². The zero-order chi connectivity index (χ0) is 24.5. The van der Waals surface area contributed by atoms with Gasteiger partial charge in [-0.2, -0.15) is 0 Å². The van der Waals surface area contributed by atoms with Crippen molar-refractivity contribution in [2.75, 3.05) is 0 Å². The van der Waals surface area contributed by atoms with Crippen molar-refractivity contribution in [2.45, 2.75) is 80.1 Å². The van der Waals surface area contributed by atoms with Crippen LogP contribution in [-0.4, -0.2) is 0 Å². The molecule has 0 aliphatic heterocycles.